The summed E-state index contributed by atoms with van der Waals surface area (Å²) in [7, 11) is 0. The maximum Gasteiger partial charge on any atom is 0.330 e. The molecule has 0 amide bonds. The number of carbonyl (C=O) groups excluding carboxylic acids is 1. The summed E-state index contributed by atoms with van der Waals surface area (Å²) in [6.45, 7) is 1.90. The van der Waals surface area contributed by atoms with Gasteiger partial charge < -0.3 is 9.84 Å². The summed E-state index contributed by atoms with van der Waals surface area (Å²) in [6, 6.07) is 11.2. The molecule has 0 saturated carbocycles. The van der Waals surface area contributed by atoms with Crippen molar-refractivity contribution in [2.45, 2.75) is 6.92 Å². The summed E-state index contributed by atoms with van der Waals surface area (Å²) >= 11 is 0. The summed E-state index contributed by atoms with van der Waals surface area (Å²) in [5.41, 5.74) is 0.715. The minimum atomic E-state index is -1.16. The van der Waals surface area contributed by atoms with Gasteiger partial charge in [-0.15, -0.1) is 0 Å². The number of ether oxygens (including phenoxy) is 1. The van der Waals surface area contributed by atoms with Crippen LogP contribution in [0.15, 0.2) is 42.5 Å². The van der Waals surface area contributed by atoms with E-state index in [4.69, 9.17) is 10.4 Å². The highest BCUT2D eigenvalue weighted by Gasteiger charge is 1.94. The molecule has 0 spiro atoms. The third kappa shape index (κ3) is 8.68. The molecule has 0 atom stereocenters. The summed E-state index contributed by atoms with van der Waals surface area (Å²) < 4.78 is 4.40. The SMILES string of the molecule is CCOC(=O)/C=C/C(=O)O.N#Cc1ccccc1. The molecule has 0 fully saturated rings. The van der Waals surface area contributed by atoms with Crippen molar-refractivity contribution in [3.63, 3.8) is 0 Å². The van der Waals surface area contributed by atoms with Gasteiger partial charge in [0, 0.05) is 12.2 Å². The fraction of sp³-hybridized carbons (Fsp3) is 0.154. The Balaban J connectivity index is 0.000000327. The van der Waals surface area contributed by atoms with Crippen molar-refractivity contribution < 1.29 is 19.4 Å². The highest BCUT2D eigenvalue weighted by Crippen LogP contribution is 1.93. The number of hydrogen-bond donors (Lipinski definition) is 1. The van der Waals surface area contributed by atoms with Crippen LogP contribution < -0.4 is 0 Å². The van der Waals surface area contributed by atoms with Crippen molar-refractivity contribution in [1.82, 2.24) is 0 Å². The standard InChI is InChI=1S/C7H5N.C6H8O4/c8-6-7-4-2-1-3-5-7;1-2-10-6(9)4-3-5(7)8/h1-5H;3-4H,2H2,1H3,(H,7,8)/b;4-3+. The Bertz CT molecular complexity index is 446. The van der Waals surface area contributed by atoms with E-state index in [1.165, 1.54) is 0 Å². The molecule has 1 rings (SSSR count). The predicted octanol–water partition coefficient (Wildman–Crippen LogP) is 1.75. The molecule has 5 nitrogen and oxygen atoms in total. The first-order valence-electron chi connectivity index (χ1n) is 5.13. The molecule has 0 heterocycles. The van der Waals surface area contributed by atoms with E-state index in [0.29, 0.717) is 5.56 Å². The first-order valence-corrected chi connectivity index (χ1v) is 5.13. The predicted molar refractivity (Wildman–Crippen MR) is 64.6 cm³/mol. The van der Waals surface area contributed by atoms with Gasteiger partial charge >= 0.3 is 11.9 Å². The number of esters is 1. The van der Waals surface area contributed by atoms with Crippen molar-refractivity contribution in [2.75, 3.05) is 6.61 Å². The van der Waals surface area contributed by atoms with Crippen molar-refractivity contribution in [1.29, 1.82) is 5.26 Å². The van der Waals surface area contributed by atoms with Gasteiger partial charge in [-0.25, -0.2) is 9.59 Å². The Kier molecular flexibility index (Phi) is 8.21. The Morgan fingerprint density at radius 1 is 1.33 bits per heavy atom. The first-order chi connectivity index (χ1) is 8.60. The molecule has 0 aliphatic carbocycles. The maximum absolute atomic E-state index is 10.4. The van der Waals surface area contributed by atoms with E-state index in [1.807, 2.05) is 24.3 Å². The van der Waals surface area contributed by atoms with Crippen LogP contribution in [0.5, 0.6) is 0 Å². The third-order valence-corrected chi connectivity index (χ3v) is 1.55. The van der Waals surface area contributed by atoms with Crippen LogP contribution in [0.25, 0.3) is 0 Å². The second-order valence-corrected chi connectivity index (χ2v) is 2.90. The van der Waals surface area contributed by atoms with Gasteiger partial charge in [0.2, 0.25) is 0 Å². The average molecular weight is 247 g/mol. The van der Waals surface area contributed by atoms with Crippen LogP contribution in [-0.2, 0) is 14.3 Å². The Morgan fingerprint density at radius 2 is 1.94 bits per heavy atom. The molecule has 1 N–H and O–H groups in total. The zero-order valence-corrected chi connectivity index (χ0v) is 9.87. The number of rotatable bonds is 3. The van der Waals surface area contributed by atoms with Gasteiger partial charge in [-0.05, 0) is 19.1 Å². The molecule has 0 unspecified atom stereocenters. The number of hydrogen-bond acceptors (Lipinski definition) is 4. The fourth-order valence-electron chi connectivity index (χ4n) is 0.842. The van der Waals surface area contributed by atoms with E-state index in [2.05, 4.69) is 4.74 Å². The molecule has 18 heavy (non-hydrogen) atoms. The van der Waals surface area contributed by atoms with Gasteiger partial charge in [0.05, 0.1) is 18.2 Å². The molecule has 0 aliphatic heterocycles. The van der Waals surface area contributed by atoms with E-state index in [1.54, 1.807) is 19.1 Å². The van der Waals surface area contributed by atoms with Gasteiger partial charge in [0.1, 0.15) is 0 Å². The van der Waals surface area contributed by atoms with Crippen molar-refractivity contribution in [3.05, 3.63) is 48.0 Å². The van der Waals surface area contributed by atoms with Crippen LogP contribution in [0.4, 0.5) is 0 Å². The molecule has 0 saturated heterocycles. The van der Waals surface area contributed by atoms with Gasteiger partial charge in [0.15, 0.2) is 0 Å². The summed E-state index contributed by atoms with van der Waals surface area (Å²) in [5.74, 6) is -1.79. The van der Waals surface area contributed by atoms with Gasteiger partial charge in [-0.2, -0.15) is 5.26 Å². The monoisotopic (exact) mass is 247 g/mol. The molecule has 0 radical (unpaired) electrons. The van der Waals surface area contributed by atoms with Crippen molar-refractivity contribution in [2.24, 2.45) is 0 Å². The van der Waals surface area contributed by atoms with Crippen LogP contribution in [0.3, 0.4) is 0 Å². The Labute approximate surface area is 105 Å². The number of nitrogens with zero attached hydrogens (tertiary/aromatic N) is 1. The van der Waals surface area contributed by atoms with Gasteiger partial charge in [0.25, 0.3) is 0 Å². The molecular weight excluding hydrogens is 234 g/mol. The highest BCUT2D eigenvalue weighted by atomic mass is 16.5. The molecule has 94 valence electrons. The largest absolute Gasteiger partial charge is 0.478 e. The van der Waals surface area contributed by atoms with Crippen molar-refractivity contribution >= 4 is 11.9 Å². The average Bonchev–Trinajstić information content (AvgIpc) is 2.38. The van der Waals surface area contributed by atoms with E-state index in [0.717, 1.165) is 12.2 Å². The van der Waals surface area contributed by atoms with Gasteiger partial charge in [-0.1, -0.05) is 18.2 Å². The van der Waals surface area contributed by atoms with Crippen molar-refractivity contribution in [3.8, 4) is 6.07 Å². The molecular formula is C13H13NO4. The number of carbonyl (C=O) groups is 2. The Morgan fingerprint density at radius 3 is 2.33 bits per heavy atom. The molecule has 1 aromatic rings. The highest BCUT2D eigenvalue weighted by molar-refractivity contribution is 5.90. The van der Waals surface area contributed by atoms with Crippen LogP contribution in [-0.4, -0.2) is 23.7 Å². The van der Waals surface area contributed by atoms with Gasteiger partial charge in [-0.3, -0.25) is 0 Å². The molecule has 1 aromatic carbocycles. The van der Waals surface area contributed by atoms with E-state index in [9.17, 15) is 9.59 Å². The lowest BCUT2D eigenvalue weighted by molar-refractivity contribution is -0.138. The lowest BCUT2D eigenvalue weighted by Gasteiger charge is -1.92. The van der Waals surface area contributed by atoms with Crippen LogP contribution in [0, 0.1) is 11.3 Å². The van der Waals surface area contributed by atoms with Crippen LogP contribution in [0.1, 0.15) is 12.5 Å². The number of carboxylic acid groups (broad SMARTS) is 1. The van der Waals surface area contributed by atoms with Crippen LogP contribution in [0.2, 0.25) is 0 Å². The maximum atomic E-state index is 10.4. The number of aliphatic carboxylic acids is 1. The first kappa shape index (κ1) is 15.4. The minimum Gasteiger partial charge on any atom is -0.478 e. The number of benzene rings is 1. The zero-order chi connectivity index (χ0) is 13.8. The minimum absolute atomic E-state index is 0.253. The van der Waals surface area contributed by atoms with E-state index >= 15 is 0 Å². The fourth-order valence-corrected chi connectivity index (χ4v) is 0.842. The topological polar surface area (TPSA) is 87.4 Å². The normalized spacial score (nSPS) is 8.89. The summed E-state index contributed by atoms with van der Waals surface area (Å²) in [5, 5.41) is 16.3. The molecule has 0 aromatic heterocycles. The Hall–Kier alpha value is -2.61. The third-order valence-electron chi connectivity index (χ3n) is 1.55. The second kappa shape index (κ2) is 9.60. The summed E-state index contributed by atoms with van der Waals surface area (Å²) in [6.07, 6.45) is 1.60. The molecule has 5 heteroatoms. The molecule has 0 aliphatic rings. The smallest absolute Gasteiger partial charge is 0.330 e. The quantitative estimate of drug-likeness (QED) is 0.649. The molecule has 0 bridgehead atoms. The number of nitriles is 1. The van der Waals surface area contributed by atoms with Crippen LogP contribution >= 0.6 is 0 Å². The van der Waals surface area contributed by atoms with E-state index in [-0.39, 0.29) is 6.61 Å². The van der Waals surface area contributed by atoms with E-state index < -0.39 is 11.9 Å². The lowest BCUT2D eigenvalue weighted by Crippen LogP contribution is -2.00. The zero-order valence-electron chi connectivity index (χ0n) is 9.87. The second-order valence-electron chi connectivity index (χ2n) is 2.90. The summed E-state index contributed by atoms with van der Waals surface area (Å²) in [4.78, 5) is 20.2. The lowest BCUT2D eigenvalue weighted by atomic mass is 10.2. The number of carboxylic acids is 1.